The molecule has 0 amide bonds. The molecule has 0 fully saturated rings. The van der Waals surface area contributed by atoms with Gasteiger partial charge < -0.3 is 0 Å². The summed E-state index contributed by atoms with van der Waals surface area (Å²) in [6.45, 7) is 2.22. The number of nitrogens with one attached hydrogen (secondary N) is 1. The fourth-order valence-electron chi connectivity index (χ4n) is 2.41. The van der Waals surface area contributed by atoms with Crippen LogP contribution in [0.2, 0.25) is 0 Å². The zero-order chi connectivity index (χ0) is 13.8. The van der Waals surface area contributed by atoms with Crippen molar-refractivity contribution in [3.8, 4) is 0 Å². The van der Waals surface area contributed by atoms with Crippen molar-refractivity contribution in [2.24, 2.45) is 0 Å². The Balaban J connectivity index is 1.92. The van der Waals surface area contributed by atoms with Crippen LogP contribution in [-0.2, 0) is 0 Å². The van der Waals surface area contributed by atoms with E-state index in [-0.39, 0.29) is 15.0 Å². The summed E-state index contributed by atoms with van der Waals surface area (Å²) < 4.78 is 8.98. The second-order valence-corrected chi connectivity index (χ2v) is 5.94. The second kappa shape index (κ2) is 6.21. The fraction of sp³-hybridized carbons (Fsp3) is 0.250. The molecule has 0 radical (unpaired) electrons. The molecule has 3 aromatic rings. The summed E-state index contributed by atoms with van der Waals surface area (Å²) in [7, 11) is 0. The number of rotatable bonds is 5. The van der Waals surface area contributed by atoms with Gasteiger partial charge in [0.2, 0.25) is 0 Å². The van der Waals surface area contributed by atoms with Crippen molar-refractivity contribution in [1.29, 1.82) is 0 Å². The molecule has 0 saturated carbocycles. The third-order valence-corrected chi connectivity index (χ3v) is 4.53. The Morgan fingerprint density at radius 2 is 1.90 bits per heavy atom. The number of anilines is 1. The monoisotopic (exact) mass is 331 g/mol. The predicted octanol–water partition coefficient (Wildman–Crippen LogP) is 3.64. The average molecular weight is 330 g/mol. The molecule has 0 aliphatic heterocycles. The maximum absolute atomic E-state index is 4.54. The molecular weight excluding hydrogens is 313 g/mol. The van der Waals surface area contributed by atoms with E-state index in [0.717, 1.165) is 29.6 Å². The first-order valence-electron chi connectivity index (χ1n) is 6.91. The Hall–Kier alpha value is -1.64. The third-order valence-electron chi connectivity index (χ3n) is 3.40. The van der Waals surface area contributed by atoms with E-state index in [1.54, 1.807) is 0 Å². The molecule has 3 rings (SSSR count). The van der Waals surface area contributed by atoms with Crippen LogP contribution in [0.4, 0.5) is 5.69 Å². The van der Waals surface area contributed by atoms with Crippen LogP contribution in [0, 0.1) is 0 Å². The van der Waals surface area contributed by atoms with Gasteiger partial charge in [-0.2, -0.15) is 0 Å². The van der Waals surface area contributed by atoms with Gasteiger partial charge in [0.25, 0.3) is 0 Å². The maximum atomic E-state index is 4.54. The normalized spacial score (nSPS) is 12.4. The Kier molecular flexibility index (Phi) is 4.14. The molecule has 4 heteroatoms. The van der Waals surface area contributed by atoms with Crippen molar-refractivity contribution in [2.75, 3.05) is 5.32 Å². The Bertz CT molecular complexity index is 678. The van der Waals surface area contributed by atoms with E-state index in [1.165, 1.54) is 5.56 Å². The number of nitrogens with zero attached hydrogens (tertiary/aromatic N) is 2. The van der Waals surface area contributed by atoms with Gasteiger partial charge in [-0.25, -0.2) is 0 Å². The van der Waals surface area contributed by atoms with Crippen molar-refractivity contribution >= 4 is 31.7 Å². The number of hydrogen-bond acceptors (Lipinski definition) is 3. The quantitative estimate of drug-likeness (QED) is 0.726. The third kappa shape index (κ3) is 2.77. The zero-order valence-electron chi connectivity index (χ0n) is 11.4. The van der Waals surface area contributed by atoms with Gasteiger partial charge in [0.1, 0.15) is 0 Å². The summed E-state index contributed by atoms with van der Waals surface area (Å²) in [6, 6.07) is 17.1. The molecule has 0 saturated heterocycles. The summed E-state index contributed by atoms with van der Waals surface area (Å²) in [4.78, 5) is 0. The van der Waals surface area contributed by atoms with E-state index in [0.29, 0.717) is 6.04 Å². The van der Waals surface area contributed by atoms with Gasteiger partial charge in [-0.15, -0.1) is 0 Å². The summed E-state index contributed by atoms with van der Waals surface area (Å²) in [6.07, 6.45) is 2.25. The molecule has 3 nitrogen and oxygen atoms in total. The molecule has 1 unspecified atom stereocenters. The fourth-order valence-corrected chi connectivity index (χ4v) is 3.56. The summed E-state index contributed by atoms with van der Waals surface area (Å²) in [5.41, 5.74) is 4.49. The molecule has 0 aliphatic rings. The summed E-state index contributed by atoms with van der Waals surface area (Å²) >= 11 is 0.0209. The number of aromatic nitrogens is 2. The van der Waals surface area contributed by atoms with Gasteiger partial charge in [-0.05, 0) is 0 Å². The van der Waals surface area contributed by atoms with E-state index >= 15 is 0 Å². The molecule has 2 aromatic carbocycles. The van der Waals surface area contributed by atoms with Crippen molar-refractivity contribution in [3.05, 3.63) is 54.1 Å². The van der Waals surface area contributed by atoms with Crippen LogP contribution in [0.25, 0.3) is 11.0 Å². The number of fused-ring (bicyclic) bond motifs is 1. The van der Waals surface area contributed by atoms with E-state index in [4.69, 9.17) is 0 Å². The van der Waals surface area contributed by atoms with Crippen molar-refractivity contribution < 1.29 is 0 Å². The number of hydrogen-bond donors (Lipinski definition) is 1. The Morgan fingerprint density at radius 3 is 2.70 bits per heavy atom. The molecule has 0 bridgehead atoms. The molecular formula is C16H17N3Se. The van der Waals surface area contributed by atoms with Gasteiger partial charge >= 0.3 is 125 Å². The van der Waals surface area contributed by atoms with Crippen LogP contribution in [-0.4, -0.2) is 22.9 Å². The van der Waals surface area contributed by atoms with Crippen LogP contribution in [0.5, 0.6) is 0 Å². The standard InChI is InChI=1S/C16H17N3Se/c1-2-7-13(12-8-4-3-5-9-12)17-14-10-6-11-15-16(14)19-20-18-15/h3-6,8-11,13,17H,2,7H2,1H3. The molecule has 20 heavy (non-hydrogen) atoms. The first kappa shape index (κ1) is 13.3. The first-order chi connectivity index (χ1) is 9.88. The van der Waals surface area contributed by atoms with Gasteiger partial charge in [0.15, 0.2) is 0 Å². The van der Waals surface area contributed by atoms with Gasteiger partial charge in [-0.1, -0.05) is 0 Å². The molecule has 102 valence electrons. The van der Waals surface area contributed by atoms with Crippen LogP contribution < -0.4 is 5.32 Å². The first-order valence-corrected chi connectivity index (χ1v) is 8.44. The summed E-state index contributed by atoms with van der Waals surface area (Å²) in [5.74, 6) is 0. The van der Waals surface area contributed by atoms with Gasteiger partial charge in [0.05, 0.1) is 0 Å². The van der Waals surface area contributed by atoms with Crippen LogP contribution in [0.3, 0.4) is 0 Å². The van der Waals surface area contributed by atoms with E-state index in [1.807, 2.05) is 6.07 Å². The minimum atomic E-state index is 0.0209. The molecule has 1 heterocycles. The Morgan fingerprint density at radius 1 is 1.05 bits per heavy atom. The molecule has 0 spiro atoms. The summed E-state index contributed by atoms with van der Waals surface area (Å²) in [5, 5.41) is 3.65. The SMILES string of the molecule is CCCC(Nc1cccc2n[se]nc12)c1ccccc1. The van der Waals surface area contributed by atoms with Crippen molar-refractivity contribution in [2.45, 2.75) is 25.8 Å². The predicted molar refractivity (Wildman–Crippen MR) is 84.2 cm³/mol. The van der Waals surface area contributed by atoms with Gasteiger partial charge in [0, 0.05) is 0 Å². The van der Waals surface area contributed by atoms with E-state index in [2.05, 4.69) is 62.7 Å². The second-order valence-electron chi connectivity index (χ2n) is 4.83. The van der Waals surface area contributed by atoms with Crippen LogP contribution in [0.15, 0.2) is 48.5 Å². The Labute approximate surface area is 125 Å². The van der Waals surface area contributed by atoms with Crippen molar-refractivity contribution in [3.63, 3.8) is 0 Å². The van der Waals surface area contributed by atoms with E-state index in [9.17, 15) is 0 Å². The van der Waals surface area contributed by atoms with Gasteiger partial charge in [-0.3, -0.25) is 0 Å². The van der Waals surface area contributed by atoms with E-state index < -0.39 is 0 Å². The number of benzene rings is 2. The van der Waals surface area contributed by atoms with Crippen LogP contribution in [0.1, 0.15) is 31.4 Å². The molecule has 1 atom stereocenters. The molecule has 1 aromatic heterocycles. The molecule has 0 aliphatic carbocycles. The topological polar surface area (TPSA) is 37.8 Å². The zero-order valence-corrected chi connectivity index (χ0v) is 13.1. The minimum absolute atomic E-state index is 0.0209. The molecule has 1 N–H and O–H groups in total. The average Bonchev–Trinajstić information content (AvgIpc) is 2.97. The van der Waals surface area contributed by atoms with Crippen molar-refractivity contribution in [1.82, 2.24) is 7.96 Å². The van der Waals surface area contributed by atoms with Crippen LogP contribution >= 0.6 is 0 Å².